The molecule has 2 heterocycles. The van der Waals surface area contributed by atoms with Crippen molar-refractivity contribution in [3.8, 4) is 27.6 Å². The van der Waals surface area contributed by atoms with E-state index in [1.54, 1.807) is 30.5 Å². The van der Waals surface area contributed by atoms with Crippen LogP contribution in [0, 0.1) is 5.82 Å². The van der Waals surface area contributed by atoms with Gasteiger partial charge in [0.05, 0.1) is 23.4 Å². The molecule has 0 aliphatic heterocycles. The molecule has 124 valence electrons. The van der Waals surface area contributed by atoms with Gasteiger partial charge in [-0.2, -0.15) is 0 Å². The molecule has 0 aliphatic carbocycles. The number of halogens is 2. The van der Waals surface area contributed by atoms with Gasteiger partial charge in [0.2, 0.25) is 5.28 Å². The molecule has 24 heavy (non-hydrogen) atoms. The maximum absolute atomic E-state index is 14.7. The molecule has 0 spiro atoms. The van der Waals surface area contributed by atoms with Crippen LogP contribution in [0.4, 0.5) is 9.52 Å². The average Bonchev–Trinajstić information content (AvgIpc) is 2.99. The van der Waals surface area contributed by atoms with E-state index in [2.05, 4.69) is 20.3 Å². The Morgan fingerprint density at radius 2 is 2.12 bits per heavy atom. The third-order valence-electron chi connectivity index (χ3n) is 3.25. The summed E-state index contributed by atoms with van der Waals surface area (Å²) in [6.07, 6.45) is 1.56. The Balaban J connectivity index is 2.20. The Kier molecular flexibility index (Phi) is 4.92. The SMILES string of the molecule is CCNc1nc(-c2cccc(OC)c2F)c(-c2ccnc(Cl)n2)s1. The van der Waals surface area contributed by atoms with E-state index in [1.165, 1.54) is 18.4 Å². The quantitative estimate of drug-likeness (QED) is 0.675. The number of nitrogens with one attached hydrogen (secondary N) is 1. The van der Waals surface area contributed by atoms with Crippen LogP contribution in [0.1, 0.15) is 6.92 Å². The lowest BCUT2D eigenvalue weighted by atomic mass is 10.1. The van der Waals surface area contributed by atoms with E-state index in [0.29, 0.717) is 33.5 Å². The Hall–Kier alpha value is -2.25. The fraction of sp³-hybridized carbons (Fsp3) is 0.188. The molecule has 8 heteroatoms. The van der Waals surface area contributed by atoms with Crippen LogP contribution in [0.3, 0.4) is 0 Å². The molecule has 0 unspecified atom stereocenters. The topological polar surface area (TPSA) is 59.9 Å². The van der Waals surface area contributed by atoms with Crippen molar-refractivity contribution in [2.75, 3.05) is 19.0 Å². The predicted octanol–water partition coefficient (Wildman–Crippen LogP) is 4.50. The lowest BCUT2D eigenvalue weighted by Gasteiger charge is -2.07. The summed E-state index contributed by atoms with van der Waals surface area (Å²) in [5.74, 6) is -0.299. The Bertz CT molecular complexity index is 871. The summed E-state index contributed by atoms with van der Waals surface area (Å²) in [6, 6.07) is 6.67. The highest BCUT2D eigenvalue weighted by Gasteiger charge is 2.20. The van der Waals surface area contributed by atoms with Gasteiger partial charge in [-0.25, -0.2) is 19.3 Å². The first kappa shape index (κ1) is 16.6. The molecule has 0 bridgehead atoms. The highest BCUT2D eigenvalue weighted by Crippen LogP contribution is 2.40. The Labute approximate surface area is 147 Å². The van der Waals surface area contributed by atoms with Crippen molar-refractivity contribution in [3.63, 3.8) is 0 Å². The number of thiazole rings is 1. The minimum absolute atomic E-state index is 0.128. The molecule has 0 saturated carbocycles. The standard InChI is InChI=1S/C16H14ClFN4OS/c1-3-19-16-22-13(9-5-4-6-11(23-2)12(9)18)14(24-16)10-7-8-20-15(17)21-10/h4-8H,3H2,1-2H3,(H,19,22). The van der Waals surface area contributed by atoms with E-state index in [-0.39, 0.29) is 11.0 Å². The molecule has 5 nitrogen and oxygen atoms in total. The maximum atomic E-state index is 14.7. The summed E-state index contributed by atoms with van der Waals surface area (Å²) < 4.78 is 19.8. The number of methoxy groups -OCH3 is 1. The van der Waals surface area contributed by atoms with Gasteiger partial charge in [-0.15, -0.1) is 0 Å². The molecule has 3 aromatic rings. The van der Waals surface area contributed by atoms with Gasteiger partial charge in [0.15, 0.2) is 16.7 Å². The Morgan fingerprint density at radius 3 is 2.83 bits per heavy atom. The number of hydrogen-bond acceptors (Lipinski definition) is 6. The van der Waals surface area contributed by atoms with E-state index in [1.807, 2.05) is 6.92 Å². The van der Waals surface area contributed by atoms with Gasteiger partial charge >= 0.3 is 0 Å². The van der Waals surface area contributed by atoms with Crippen molar-refractivity contribution in [1.82, 2.24) is 15.0 Å². The molecule has 0 saturated heterocycles. The Morgan fingerprint density at radius 1 is 1.29 bits per heavy atom. The molecular formula is C16H14ClFN4OS. The van der Waals surface area contributed by atoms with Crippen LogP contribution in [0.15, 0.2) is 30.5 Å². The number of ether oxygens (including phenoxy) is 1. The number of anilines is 1. The first-order valence-electron chi connectivity index (χ1n) is 7.20. The third kappa shape index (κ3) is 3.18. The van der Waals surface area contributed by atoms with Crippen LogP contribution < -0.4 is 10.1 Å². The molecule has 1 N–H and O–H groups in total. The lowest BCUT2D eigenvalue weighted by molar-refractivity contribution is 0.387. The molecule has 3 rings (SSSR count). The highest BCUT2D eigenvalue weighted by atomic mass is 35.5. The van der Waals surface area contributed by atoms with E-state index >= 15 is 0 Å². The van der Waals surface area contributed by atoms with Crippen LogP contribution in [0.2, 0.25) is 5.28 Å². The van der Waals surface area contributed by atoms with Crippen molar-refractivity contribution >= 4 is 28.1 Å². The number of aromatic nitrogens is 3. The summed E-state index contributed by atoms with van der Waals surface area (Å²) in [5.41, 5.74) is 1.43. The summed E-state index contributed by atoms with van der Waals surface area (Å²) in [5, 5.41) is 3.96. The van der Waals surface area contributed by atoms with Gasteiger partial charge in [-0.05, 0) is 36.7 Å². The van der Waals surface area contributed by atoms with Crippen molar-refractivity contribution in [3.05, 3.63) is 41.6 Å². The van der Waals surface area contributed by atoms with Crippen molar-refractivity contribution in [2.45, 2.75) is 6.92 Å². The fourth-order valence-corrected chi connectivity index (χ4v) is 3.38. The zero-order valence-corrected chi connectivity index (χ0v) is 14.6. The number of benzene rings is 1. The second kappa shape index (κ2) is 7.11. The molecule has 1 aromatic carbocycles. The summed E-state index contributed by atoms with van der Waals surface area (Å²) in [4.78, 5) is 13.3. The molecule has 0 radical (unpaired) electrons. The first-order valence-corrected chi connectivity index (χ1v) is 8.40. The summed E-state index contributed by atoms with van der Waals surface area (Å²) in [7, 11) is 1.43. The van der Waals surface area contributed by atoms with Crippen LogP contribution >= 0.6 is 22.9 Å². The van der Waals surface area contributed by atoms with Gasteiger partial charge in [0.1, 0.15) is 0 Å². The summed E-state index contributed by atoms with van der Waals surface area (Å²) in [6.45, 7) is 2.67. The van der Waals surface area contributed by atoms with Crippen molar-refractivity contribution < 1.29 is 9.13 Å². The van der Waals surface area contributed by atoms with E-state index < -0.39 is 5.82 Å². The zero-order valence-electron chi connectivity index (χ0n) is 13.0. The van der Waals surface area contributed by atoms with Crippen molar-refractivity contribution in [1.29, 1.82) is 0 Å². The average molecular weight is 365 g/mol. The normalized spacial score (nSPS) is 10.7. The van der Waals surface area contributed by atoms with Crippen LogP contribution in [0.25, 0.3) is 21.8 Å². The molecule has 0 aliphatic rings. The smallest absolute Gasteiger partial charge is 0.222 e. The van der Waals surface area contributed by atoms with Gasteiger partial charge in [0.25, 0.3) is 0 Å². The van der Waals surface area contributed by atoms with E-state index in [0.717, 1.165) is 0 Å². The van der Waals surface area contributed by atoms with Gasteiger partial charge in [0, 0.05) is 18.3 Å². The van der Waals surface area contributed by atoms with E-state index in [9.17, 15) is 4.39 Å². The second-order valence-corrected chi connectivity index (χ2v) is 6.10. The second-order valence-electron chi connectivity index (χ2n) is 4.76. The monoisotopic (exact) mass is 364 g/mol. The number of hydrogen-bond donors (Lipinski definition) is 1. The third-order valence-corrected chi connectivity index (χ3v) is 4.47. The minimum atomic E-state index is -0.463. The first-order chi connectivity index (χ1) is 11.6. The minimum Gasteiger partial charge on any atom is -0.494 e. The molecule has 0 atom stereocenters. The molecular weight excluding hydrogens is 351 g/mol. The van der Waals surface area contributed by atoms with Gasteiger partial charge < -0.3 is 10.1 Å². The largest absolute Gasteiger partial charge is 0.494 e. The highest BCUT2D eigenvalue weighted by molar-refractivity contribution is 7.19. The molecule has 0 amide bonds. The predicted molar refractivity (Wildman–Crippen MR) is 94.3 cm³/mol. The maximum Gasteiger partial charge on any atom is 0.222 e. The molecule has 0 fully saturated rings. The number of rotatable bonds is 5. The summed E-state index contributed by atoms with van der Waals surface area (Å²) >= 11 is 7.28. The fourth-order valence-electron chi connectivity index (χ4n) is 2.22. The van der Waals surface area contributed by atoms with Crippen LogP contribution in [-0.2, 0) is 0 Å². The number of nitrogens with zero attached hydrogens (tertiary/aromatic N) is 3. The van der Waals surface area contributed by atoms with E-state index in [4.69, 9.17) is 16.3 Å². The zero-order chi connectivity index (χ0) is 17.1. The molecule has 2 aromatic heterocycles. The van der Waals surface area contributed by atoms with Gasteiger partial charge in [-0.3, -0.25) is 0 Å². The van der Waals surface area contributed by atoms with Crippen LogP contribution in [0.5, 0.6) is 5.75 Å². The van der Waals surface area contributed by atoms with Gasteiger partial charge in [-0.1, -0.05) is 17.4 Å². The lowest BCUT2D eigenvalue weighted by Crippen LogP contribution is -1.96. The van der Waals surface area contributed by atoms with Crippen molar-refractivity contribution in [2.24, 2.45) is 0 Å². The van der Waals surface area contributed by atoms with Crippen LogP contribution in [-0.4, -0.2) is 28.6 Å².